The lowest BCUT2D eigenvalue weighted by Gasteiger charge is -2.22. The molecule has 0 saturated heterocycles. The second-order valence-corrected chi connectivity index (χ2v) is 8.43. The number of aliphatic imine (C=N–C) groups is 1. The Bertz CT molecular complexity index is 968. The molecule has 0 atom stereocenters. The normalized spacial score (nSPS) is 12.2. The Balaban J connectivity index is 2.10. The molecule has 0 amide bonds. The molecular formula is C25H31N5O2. The maximum atomic E-state index is 10.8. The van der Waals surface area contributed by atoms with Gasteiger partial charge in [-0.1, -0.05) is 36.4 Å². The monoisotopic (exact) mass is 433 g/mol. The number of unbranched alkanes of at least 4 members (excludes halogenated alkanes) is 1. The van der Waals surface area contributed by atoms with E-state index in [4.69, 9.17) is 10.4 Å². The maximum absolute atomic E-state index is 10.8. The largest absolute Gasteiger partial charge is 0.481 e. The Morgan fingerprint density at radius 2 is 1.97 bits per heavy atom. The van der Waals surface area contributed by atoms with E-state index in [1.54, 1.807) is 6.20 Å². The third-order valence-electron chi connectivity index (χ3n) is 4.52. The van der Waals surface area contributed by atoms with E-state index >= 15 is 0 Å². The van der Waals surface area contributed by atoms with Gasteiger partial charge in [0.2, 0.25) is 5.96 Å². The number of hydrogen-bond donors (Lipinski definition) is 3. The van der Waals surface area contributed by atoms with Crippen LogP contribution in [-0.2, 0) is 11.2 Å². The fourth-order valence-electron chi connectivity index (χ4n) is 3.09. The zero-order chi connectivity index (χ0) is 23.4. The van der Waals surface area contributed by atoms with E-state index in [2.05, 4.69) is 51.0 Å². The number of benzene rings is 1. The first kappa shape index (κ1) is 24.6. The van der Waals surface area contributed by atoms with Crippen molar-refractivity contribution >= 4 is 17.5 Å². The summed E-state index contributed by atoms with van der Waals surface area (Å²) in [5, 5.41) is 23.6. The van der Waals surface area contributed by atoms with Crippen LogP contribution in [-0.4, -0.2) is 34.1 Å². The number of nitrogens with one attached hydrogen (secondary N) is 2. The molecule has 3 N–H and O–H groups in total. The van der Waals surface area contributed by atoms with Crippen molar-refractivity contribution in [2.45, 2.75) is 52.0 Å². The van der Waals surface area contributed by atoms with Gasteiger partial charge in [-0.2, -0.15) is 5.26 Å². The highest BCUT2D eigenvalue weighted by Crippen LogP contribution is 2.24. The molecule has 0 radical (unpaired) electrons. The summed E-state index contributed by atoms with van der Waals surface area (Å²) in [5.74, 6) is -0.307. The molecule has 0 bridgehead atoms. The molecule has 7 nitrogen and oxygen atoms in total. The fraction of sp³-hybridized carbons (Fsp3) is 0.360. The van der Waals surface area contributed by atoms with Gasteiger partial charge in [0.25, 0.3) is 0 Å². The predicted molar refractivity (Wildman–Crippen MR) is 127 cm³/mol. The van der Waals surface area contributed by atoms with Gasteiger partial charge in [-0.05, 0) is 62.8 Å². The number of aromatic nitrogens is 1. The lowest BCUT2D eigenvalue weighted by molar-refractivity contribution is -0.137. The quantitative estimate of drug-likeness (QED) is 0.180. The van der Waals surface area contributed by atoms with E-state index in [9.17, 15) is 4.79 Å². The zero-order valence-electron chi connectivity index (χ0n) is 18.9. The highest BCUT2D eigenvalue weighted by atomic mass is 16.4. The minimum atomic E-state index is -0.779. The molecule has 168 valence electrons. The second kappa shape index (κ2) is 12.3. The molecule has 0 fully saturated rings. The first-order chi connectivity index (χ1) is 15.3. The predicted octanol–water partition coefficient (Wildman–Crippen LogP) is 4.13. The van der Waals surface area contributed by atoms with Crippen molar-refractivity contribution in [2.24, 2.45) is 4.99 Å². The molecule has 1 aromatic carbocycles. The lowest BCUT2D eigenvalue weighted by Crippen LogP contribution is -2.46. The molecule has 32 heavy (non-hydrogen) atoms. The van der Waals surface area contributed by atoms with Crippen LogP contribution >= 0.6 is 0 Å². The summed E-state index contributed by atoms with van der Waals surface area (Å²) >= 11 is 0. The van der Waals surface area contributed by atoms with E-state index in [0.29, 0.717) is 25.3 Å². The number of carboxylic acid groups (broad SMARTS) is 1. The molecule has 0 aliphatic heterocycles. The Morgan fingerprint density at radius 1 is 1.22 bits per heavy atom. The van der Waals surface area contributed by atoms with Gasteiger partial charge in [0, 0.05) is 36.5 Å². The van der Waals surface area contributed by atoms with Crippen LogP contribution in [0.5, 0.6) is 0 Å². The number of aliphatic carboxylic acids is 1. The van der Waals surface area contributed by atoms with Gasteiger partial charge < -0.3 is 10.4 Å². The number of hydrogen-bond acceptors (Lipinski definition) is 4. The summed E-state index contributed by atoms with van der Waals surface area (Å²) in [5.41, 5.74) is 4.05. The lowest BCUT2D eigenvalue weighted by atomic mass is 9.96. The number of rotatable bonds is 9. The van der Waals surface area contributed by atoms with Crippen molar-refractivity contribution in [3.63, 3.8) is 0 Å². The van der Waals surface area contributed by atoms with Crippen LogP contribution in [0.2, 0.25) is 0 Å². The summed E-state index contributed by atoms with van der Waals surface area (Å²) < 4.78 is 0. The number of allylic oxidation sites excluding steroid dienone is 1. The van der Waals surface area contributed by atoms with E-state index in [1.807, 2.05) is 45.3 Å². The van der Waals surface area contributed by atoms with Gasteiger partial charge in [0.1, 0.15) is 0 Å². The molecule has 7 heteroatoms. The summed E-state index contributed by atoms with van der Waals surface area (Å²) in [4.78, 5) is 19.5. The van der Waals surface area contributed by atoms with Crippen LogP contribution in [0.15, 0.2) is 59.9 Å². The Morgan fingerprint density at radius 3 is 2.56 bits per heavy atom. The third-order valence-corrected chi connectivity index (χ3v) is 4.52. The average molecular weight is 434 g/mol. The molecule has 0 aliphatic rings. The molecule has 0 aliphatic carbocycles. The summed E-state index contributed by atoms with van der Waals surface area (Å²) in [6, 6.07) is 12.2. The number of guanidine groups is 1. The first-order valence-corrected chi connectivity index (χ1v) is 10.7. The fourth-order valence-corrected chi connectivity index (χ4v) is 3.09. The molecule has 2 rings (SSSR count). The third kappa shape index (κ3) is 9.00. The van der Waals surface area contributed by atoms with Gasteiger partial charge in [-0.15, -0.1) is 0 Å². The second-order valence-electron chi connectivity index (χ2n) is 8.43. The average Bonchev–Trinajstić information content (AvgIpc) is 2.74. The number of carbonyl (C=O) groups is 1. The van der Waals surface area contributed by atoms with Gasteiger partial charge in [-0.25, -0.2) is 0 Å². The molecule has 2 aromatic rings. The van der Waals surface area contributed by atoms with Gasteiger partial charge >= 0.3 is 5.97 Å². The first-order valence-electron chi connectivity index (χ1n) is 10.7. The number of nitriles is 1. The number of carboxylic acids is 1. The Kier molecular flexibility index (Phi) is 9.43. The van der Waals surface area contributed by atoms with E-state index in [1.165, 1.54) is 0 Å². The van der Waals surface area contributed by atoms with Crippen molar-refractivity contribution in [3.05, 3.63) is 71.6 Å². The van der Waals surface area contributed by atoms with Gasteiger partial charge in [0.05, 0.1) is 0 Å². The van der Waals surface area contributed by atoms with Gasteiger partial charge in [0.15, 0.2) is 6.19 Å². The van der Waals surface area contributed by atoms with Crippen molar-refractivity contribution in [1.29, 1.82) is 5.26 Å². The summed E-state index contributed by atoms with van der Waals surface area (Å²) in [6.45, 7) is 6.58. The van der Waals surface area contributed by atoms with Crippen molar-refractivity contribution in [3.8, 4) is 6.19 Å². The van der Waals surface area contributed by atoms with Crippen molar-refractivity contribution < 1.29 is 9.90 Å². The van der Waals surface area contributed by atoms with Crippen LogP contribution in [0, 0.1) is 11.5 Å². The highest BCUT2D eigenvalue weighted by molar-refractivity contribution is 5.82. The van der Waals surface area contributed by atoms with E-state index in [0.717, 1.165) is 28.7 Å². The van der Waals surface area contributed by atoms with Crippen LogP contribution in [0.3, 0.4) is 0 Å². The summed E-state index contributed by atoms with van der Waals surface area (Å²) in [6.07, 6.45) is 9.72. The molecule has 0 spiro atoms. The topological polar surface area (TPSA) is 110 Å². The highest BCUT2D eigenvalue weighted by Gasteiger charge is 2.12. The van der Waals surface area contributed by atoms with E-state index in [-0.39, 0.29) is 12.0 Å². The Hall–Kier alpha value is -3.66. The maximum Gasteiger partial charge on any atom is 0.303 e. The standard InChI is InChI=1S/C25H31N5O2/c1-25(2,3)30-24(29-18-26)28-16-14-19-10-12-20(13-11-19)22(8-4-5-9-23(31)32)21-7-6-15-27-17-21/h6-8,10-13,15,17H,4-5,9,14,16H2,1-3H3,(H,31,32)(H2,28,29,30). The van der Waals surface area contributed by atoms with Crippen LogP contribution in [0.25, 0.3) is 5.57 Å². The number of nitrogens with zero attached hydrogens (tertiary/aromatic N) is 3. The van der Waals surface area contributed by atoms with Gasteiger partial charge in [-0.3, -0.25) is 20.1 Å². The van der Waals surface area contributed by atoms with Crippen LogP contribution in [0.4, 0.5) is 0 Å². The minimum absolute atomic E-state index is 0.156. The molecule has 1 heterocycles. The van der Waals surface area contributed by atoms with Crippen LogP contribution in [0.1, 0.15) is 56.7 Å². The molecular weight excluding hydrogens is 402 g/mol. The Labute approximate surface area is 189 Å². The van der Waals surface area contributed by atoms with Crippen LogP contribution < -0.4 is 10.6 Å². The smallest absolute Gasteiger partial charge is 0.303 e. The van der Waals surface area contributed by atoms with Crippen molar-refractivity contribution in [2.75, 3.05) is 6.54 Å². The molecule has 1 aromatic heterocycles. The van der Waals surface area contributed by atoms with E-state index < -0.39 is 5.97 Å². The summed E-state index contributed by atoms with van der Waals surface area (Å²) in [7, 11) is 0. The number of pyridine rings is 1. The zero-order valence-corrected chi connectivity index (χ0v) is 18.9. The SMILES string of the molecule is CC(C)(C)NC(=NCCc1ccc(C(=CCCCC(=O)O)c2cccnc2)cc1)NC#N. The minimum Gasteiger partial charge on any atom is -0.481 e. The molecule has 0 saturated carbocycles. The van der Waals surface area contributed by atoms with Crippen molar-refractivity contribution in [1.82, 2.24) is 15.6 Å². The molecule has 0 unspecified atom stereocenters.